The van der Waals surface area contributed by atoms with Crippen molar-refractivity contribution >= 4 is 16.6 Å². The lowest BCUT2D eigenvalue weighted by atomic mass is 10.1. The maximum atomic E-state index is 9.38. The minimum Gasteiger partial charge on any atom is -0.491 e. The fourth-order valence-corrected chi connectivity index (χ4v) is 3.68. The Kier molecular flexibility index (Phi) is 5.14. The number of fused-ring (bicyclic) bond motifs is 1. The lowest BCUT2D eigenvalue weighted by Gasteiger charge is -2.38. The molecule has 0 spiro atoms. The van der Waals surface area contributed by atoms with E-state index in [1.165, 1.54) is 5.56 Å². The van der Waals surface area contributed by atoms with Crippen molar-refractivity contribution in [2.24, 2.45) is 0 Å². The zero-order valence-corrected chi connectivity index (χ0v) is 16.1. The van der Waals surface area contributed by atoms with Crippen LogP contribution in [0.2, 0.25) is 0 Å². The fourth-order valence-electron chi connectivity index (χ4n) is 3.68. The molecule has 2 atom stereocenters. The van der Waals surface area contributed by atoms with Crippen molar-refractivity contribution in [3.8, 4) is 11.8 Å². The van der Waals surface area contributed by atoms with Crippen molar-refractivity contribution in [3.63, 3.8) is 0 Å². The van der Waals surface area contributed by atoms with Crippen LogP contribution < -0.4 is 9.64 Å². The van der Waals surface area contributed by atoms with E-state index in [1.807, 2.05) is 48.5 Å². The first kappa shape index (κ1) is 18.3. The van der Waals surface area contributed by atoms with Crippen LogP contribution in [0.15, 0.2) is 54.7 Å². The molecule has 0 unspecified atom stereocenters. The first-order valence-corrected chi connectivity index (χ1v) is 9.52. The normalized spacial score (nSPS) is 19.4. The number of aromatic nitrogens is 1. The Morgan fingerprint density at radius 3 is 2.79 bits per heavy atom. The number of nitriles is 1. The van der Waals surface area contributed by atoms with Gasteiger partial charge in [0.1, 0.15) is 24.5 Å². The summed E-state index contributed by atoms with van der Waals surface area (Å²) >= 11 is 0. The highest BCUT2D eigenvalue weighted by Crippen LogP contribution is 2.30. The average Bonchev–Trinajstić information content (AvgIpc) is 2.72. The van der Waals surface area contributed by atoms with Crippen molar-refractivity contribution in [1.82, 2.24) is 4.98 Å². The number of hydrogen-bond donors (Lipinski definition) is 0. The molecule has 1 fully saturated rings. The van der Waals surface area contributed by atoms with E-state index in [2.05, 4.69) is 29.8 Å². The molecule has 0 bridgehead atoms. The van der Waals surface area contributed by atoms with E-state index in [1.54, 1.807) is 6.20 Å². The molecular formula is C23H23N3O2. The number of pyridine rings is 1. The molecule has 3 aromatic rings. The minimum absolute atomic E-state index is 0.0348. The maximum Gasteiger partial charge on any atom is 0.119 e. The van der Waals surface area contributed by atoms with Gasteiger partial charge < -0.3 is 14.4 Å². The van der Waals surface area contributed by atoms with E-state index in [-0.39, 0.29) is 12.2 Å². The molecule has 0 N–H and O–H groups in total. The van der Waals surface area contributed by atoms with Gasteiger partial charge in [0, 0.05) is 30.4 Å². The van der Waals surface area contributed by atoms with Crippen molar-refractivity contribution in [1.29, 1.82) is 5.26 Å². The molecule has 1 aliphatic heterocycles. The molecule has 5 nitrogen and oxygen atoms in total. The largest absolute Gasteiger partial charge is 0.491 e. The Morgan fingerprint density at radius 2 is 2.00 bits per heavy atom. The molecule has 4 rings (SSSR count). The highest BCUT2D eigenvalue weighted by Gasteiger charge is 2.27. The van der Waals surface area contributed by atoms with Gasteiger partial charge in [-0.15, -0.1) is 0 Å². The third-order valence-electron chi connectivity index (χ3n) is 4.99. The summed E-state index contributed by atoms with van der Waals surface area (Å²) in [6.45, 7) is 6.15. The van der Waals surface area contributed by atoms with Gasteiger partial charge >= 0.3 is 0 Å². The molecule has 0 saturated carbocycles. The third kappa shape index (κ3) is 3.78. The fraction of sp³-hybridized carbons (Fsp3) is 0.304. The van der Waals surface area contributed by atoms with Crippen molar-refractivity contribution in [3.05, 3.63) is 65.9 Å². The summed E-state index contributed by atoms with van der Waals surface area (Å²) in [7, 11) is 0. The quantitative estimate of drug-likeness (QED) is 0.689. The lowest BCUT2D eigenvalue weighted by Crippen LogP contribution is -2.48. The number of morpholine rings is 1. The van der Waals surface area contributed by atoms with Crippen molar-refractivity contribution < 1.29 is 9.47 Å². The zero-order chi connectivity index (χ0) is 19.5. The molecular weight excluding hydrogens is 350 g/mol. The Hall–Kier alpha value is -3.10. The number of hydrogen-bond acceptors (Lipinski definition) is 5. The van der Waals surface area contributed by atoms with Gasteiger partial charge in [0.15, 0.2) is 0 Å². The summed E-state index contributed by atoms with van der Waals surface area (Å²) in [6, 6.07) is 18.1. The van der Waals surface area contributed by atoms with Gasteiger partial charge in [-0.2, -0.15) is 5.26 Å². The highest BCUT2D eigenvalue weighted by atomic mass is 16.5. The van der Waals surface area contributed by atoms with E-state index in [0.717, 1.165) is 35.4 Å². The highest BCUT2D eigenvalue weighted by molar-refractivity contribution is 5.95. The van der Waals surface area contributed by atoms with Crippen LogP contribution in [0.1, 0.15) is 18.1 Å². The molecule has 1 aromatic heterocycles. The van der Waals surface area contributed by atoms with E-state index >= 15 is 0 Å². The van der Waals surface area contributed by atoms with Crippen LogP contribution in [-0.2, 0) is 4.74 Å². The second-order valence-corrected chi connectivity index (χ2v) is 7.24. The van der Waals surface area contributed by atoms with E-state index in [9.17, 15) is 5.26 Å². The number of rotatable bonds is 4. The van der Waals surface area contributed by atoms with Crippen molar-refractivity contribution in [2.45, 2.75) is 26.1 Å². The first-order chi connectivity index (χ1) is 13.6. The third-order valence-corrected chi connectivity index (χ3v) is 4.99. The lowest BCUT2D eigenvalue weighted by molar-refractivity contribution is -0.0369. The van der Waals surface area contributed by atoms with Gasteiger partial charge in [0.2, 0.25) is 0 Å². The van der Waals surface area contributed by atoms with Crippen molar-refractivity contribution in [2.75, 3.05) is 24.6 Å². The molecule has 0 aliphatic carbocycles. The van der Waals surface area contributed by atoms with Gasteiger partial charge in [0.05, 0.1) is 17.2 Å². The van der Waals surface area contributed by atoms with Gasteiger partial charge in [-0.3, -0.25) is 4.98 Å². The standard InChI is InChI=1S/C23H23N3O2/c1-16-5-8-19(9-6-16)27-15-20-14-26(13-17(2)28-20)22-10-7-18(12-24)23-21(22)4-3-11-25-23/h3-11,17,20H,13-15H2,1-2H3/t17-,20-/m1/s1. The minimum atomic E-state index is -0.0348. The Bertz CT molecular complexity index is 1010. The predicted molar refractivity (Wildman–Crippen MR) is 110 cm³/mol. The molecule has 1 aliphatic rings. The topological polar surface area (TPSA) is 58.4 Å². The van der Waals surface area contributed by atoms with Gasteiger partial charge in [0.25, 0.3) is 0 Å². The summed E-state index contributed by atoms with van der Waals surface area (Å²) in [6.07, 6.45) is 1.78. The monoisotopic (exact) mass is 373 g/mol. The van der Waals surface area contributed by atoms with Crippen LogP contribution in [0.3, 0.4) is 0 Å². The zero-order valence-electron chi connectivity index (χ0n) is 16.1. The van der Waals surface area contributed by atoms with Crippen LogP contribution in [0.4, 0.5) is 5.69 Å². The second kappa shape index (κ2) is 7.87. The molecule has 0 radical (unpaired) electrons. The average molecular weight is 373 g/mol. The molecule has 5 heteroatoms. The van der Waals surface area contributed by atoms with Gasteiger partial charge in [-0.1, -0.05) is 17.7 Å². The number of anilines is 1. The molecule has 1 saturated heterocycles. The Labute approximate surface area is 165 Å². The Balaban J connectivity index is 1.54. The van der Waals surface area contributed by atoms with E-state index in [4.69, 9.17) is 9.47 Å². The SMILES string of the molecule is Cc1ccc(OC[C@H]2CN(c3ccc(C#N)c4ncccc34)C[C@@H](C)O2)cc1. The van der Waals surface area contributed by atoms with Crippen LogP contribution >= 0.6 is 0 Å². The number of nitrogens with zero attached hydrogens (tertiary/aromatic N) is 3. The van der Waals surface area contributed by atoms with Crippen LogP contribution in [0, 0.1) is 18.3 Å². The number of ether oxygens (including phenoxy) is 2. The summed E-state index contributed by atoms with van der Waals surface area (Å²) in [5.74, 6) is 0.854. The van der Waals surface area contributed by atoms with Gasteiger partial charge in [-0.25, -0.2) is 0 Å². The summed E-state index contributed by atoms with van der Waals surface area (Å²) in [4.78, 5) is 6.73. The molecule has 28 heavy (non-hydrogen) atoms. The van der Waals surface area contributed by atoms with Crippen LogP contribution in [-0.4, -0.2) is 36.9 Å². The van der Waals surface area contributed by atoms with E-state index in [0.29, 0.717) is 12.2 Å². The predicted octanol–water partition coefficient (Wildman–Crippen LogP) is 4.09. The summed E-state index contributed by atoms with van der Waals surface area (Å²) in [5, 5.41) is 10.4. The maximum absolute atomic E-state index is 9.38. The number of benzene rings is 2. The van der Waals surface area contributed by atoms with Crippen LogP contribution in [0.25, 0.3) is 10.9 Å². The Morgan fingerprint density at radius 1 is 1.18 bits per heavy atom. The molecule has 2 heterocycles. The summed E-state index contributed by atoms with van der Waals surface area (Å²) in [5.41, 5.74) is 3.63. The van der Waals surface area contributed by atoms with Crippen LogP contribution in [0.5, 0.6) is 5.75 Å². The smallest absolute Gasteiger partial charge is 0.119 e. The molecule has 0 amide bonds. The van der Waals surface area contributed by atoms with Gasteiger partial charge in [-0.05, 0) is 50.2 Å². The molecule has 2 aromatic carbocycles. The first-order valence-electron chi connectivity index (χ1n) is 9.52. The number of aryl methyl sites for hydroxylation is 1. The second-order valence-electron chi connectivity index (χ2n) is 7.24. The van der Waals surface area contributed by atoms with E-state index < -0.39 is 0 Å². The molecule has 142 valence electrons. The summed E-state index contributed by atoms with van der Waals surface area (Å²) < 4.78 is 12.1.